The fraction of sp³-hybridized carbons (Fsp3) is 0.158. The van der Waals surface area contributed by atoms with E-state index in [-0.39, 0.29) is 5.02 Å². The van der Waals surface area contributed by atoms with Crippen LogP contribution in [0.3, 0.4) is 0 Å². The number of halogens is 2. The van der Waals surface area contributed by atoms with Crippen LogP contribution in [-0.4, -0.2) is 23.6 Å². The third-order valence-corrected chi connectivity index (χ3v) is 3.99. The van der Waals surface area contributed by atoms with E-state index in [1.54, 1.807) is 25.4 Å². The van der Waals surface area contributed by atoms with Gasteiger partial charge in [0.05, 0.1) is 12.1 Å². The fourth-order valence-electron chi connectivity index (χ4n) is 2.35. The van der Waals surface area contributed by atoms with Crippen molar-refractivity contribution < 1.29 is 9.13 Å². The Morgan fingerprint density at radius 2 is 1.92 bits per heavy atom. The zero-order valence-corrected chi connectivity index (χ0v) is 14.9. The molecule has 134 valence electrons. The van der Waals surface area contributed by atoms with Gasteiger partial charge in [0, 0.05) is 18.4 Å². The first kappa shape index (κ1) is 17.9. The SMILES string of the molecule is COc1ccc(CCNc2nccc(Nc3ccc(F)c(Cl)c3)n2)cc1. The average Bonchev–Trinajstić information content (AvgIpc) is 2.66. The molecule has 1 heterocycles. The summed E-state index contributed by atoms with van der Waals surface area (Å²) in [7, 11) is 1.65. The van der Waals surface area contributed by atoms with Crippen LogP contribution in [0.5, 0.6) is 5.75 Å². The Morgan fingerprint density at radius 1 is 1.12 bits per heavy atom. The third-order valence-electron chi connectivity index (χ3n) is 3.70. The van der Waals surface area contributed by atoms with Gasteiger partial charge in [0.15, 0.2) is 0 Å². The Hall–Kier alpha value is -2.86. The van der Waals surface area contributed by atoms with E-state index in [1.807, 2.05) is 24.3 Å². The maximum atomic E-state index is 13.2. The minimum absolute atomic E-state index is 0.0573. The highest BCUT2D eigenvalue weighted by Gasteiger charge is 2.04. The van der Waals surface area contributed by atoms with E-state index in [0.29, 0.717) is 24.0 Å². The van der Waals surface area contributed by atoms with Crippen molar-refractivity contribution in [1.29, 1.82) is 0 Å². The molecule has 0 bridgehead atoms. The molecule has 0 atom stereocenters. The van der Waals surface area contributed by atoms with E-state index in [9.17, 15) is 4.39 Å². The number of anilines is 3. The molecule has 0 saturated heterocycles. The first-order valence-corrected chi connectivity index (χ1v) is 8.44. The van der Waals surface area contributed by atoms with Gasteiger partial charge in [-0.2, -0.15) is 4.98 Å². The number of hydrogen-bond acceptors (Lipinski definition) is 5. The van der Waals surface area contributed by atoms with Gasteiger partial charge in [-0.05, 0) is 48.4 Å². The van der Waals surface area contributed by atoms with Crippen LogP contribution >= 0.6 is 11.6 Å². The summed E-state index contributed by atoms with van der Waals surface area (Å²) in [5.41, 5.74) is 1.84. The fourth-order valence-corrected chi connectivity index (χ4v) is 2.53. The monoisotopic (exact) mass is 372 g/mol. The standard InChI is InChI=1S/C19H18ClFN4O/c1-26-15-5-2-13(3-6-15)8-10-22-19-23-11-9-18(25-19)24-14-4-7-17(21)16(20)12-14/h2-7,9,11-12H,8,10H2,1H3,(H2,22,23,24,25). The van der Waals surface area contributed by atoms with Crippen LogP contribution in [0.4, 0.5) is 21.8 Å². The summed E-state index contributed by atoms with van der Waals surface area (Å²) in [5.74, 6) is 1.48. The van der Waals surface area contributed by atoms with Crippen LogP contribution in [0.25, 0.3) is 0 Å². The second-order valence-corrected chi connectivity index (χ2v) is 5.95. The smallest absolute Gasteiger partial charge is 0.224 e. The highest BCUT2D eigenvalue weighted by atomic mass is 35.5. The molecule has 0 aliphatic heterocycles. The maximum absolute atomic E-state index is 13.2. The number of benzene rings is 2. The van der Waals surface area contributed by atoms with Gasteiger partial charge in [-0.3, -0.25) is 0 Å². The molecule has 3 aromatic rings. The molecule has 5 nitrogen and oxygen atoms in total. The van der Waals surface area contributed by atoms with Crippen molar-refractivity contribution in [2.45, 2.75) is 6.42 Å². The molecule has 0 amide bonds. The van der Waals surface area contributed by atoms with Crippen molar-refractivity contribution in [3.05, 3.63) is 71.1 Å². The second-order valence-electron chi connectivity index (χ2n) is 5.54. The largest absolute Gasteiger partial charge is 0.497 e. The Morgan fingerprint density at radius 3 is 2.65 bits per heavy atom. The zero-order chi connectivity index (χ0) is 18.4. The Labute approximate surface area is 156 Å². The summed E-state index contributed by atoms with van der Waals surface area (Å²) in [6.45, 7) is 0.693. The highest BCUT2D eigenvalue weighted by Crippen LogP contribution is 2.22. The summed E-state index contributed by atoms with van der Waals surface area (Å²) in [6.07, 6.45) is 2.48. The first-order valence-electron chi connectivity index (χ1n) is 8.06. The molecular formula is C19H18ClFN4O. The lowest BCUT2D eigenvalue weighted by Crippen LogP contribution is -2.08. The van der Waals surface area contributed by atoms with Crippen LogP contribution in [0, 0.1) is 5.82 Å². The highest BCUT2D eigenvalue weighted by molar-refractivity contribution is 6.31. The number of ether oxygens (including phenoxy) is 1. The summed E-state index contributed by atoms with van der Waals surface area (Å²) >= 11 is 5.79. The summed E-state index contributed by atoms with van der Waals surface area (Å²) in [4.78, 5) is 8.59. The minimum Gasteiger partial charge on any atom is -0.497 e. The number of aromatic nitrogens is 2. The van der Waals surface area contributed by atoms with Gasteiger partial charge < -0.3 is 15.4 Å². The quantitative estimate of drug-likeness (QED) is 0.630. The number of rotatable bonds is 7. The van der Waals surface area contributed by atoms with Crippen molar-refractivity contribution in [2.75, 3.05) is 24.3 Å². The molecule has 3 rings (SSSR count). The topological polar surface area (TPSA) is 59.1 Å². The van der Waals surface area contributed by atoms with Gasteiger partial charge in [-0.15, -0.1) is 0 Å². The lowest BCUT2D eigenvalue weighted by atomic mass is 10.1. The van der Waals surface area contributed by atoms with Crippen LogP contribution < -0.4 is 15.4 Å². The Bertz CT molecular complexity index is 874. The van der Waals surface area contributed by atoms with E-state index in [1.165, 1.54) is 17.7 Å². The van der Waals surface area contributed by atoms with Gasteiger partial charge in [-0.1, -0.05) is 23.7 Å². The van der Waals surface area contributed by atoms with Crippen molar-refractivity contribution in [2.24, 2.45) is 0 Å². The van der Waals surface area contributed by atoms with Crippen LogP contribution in [-0.2, 0) is 6.42 Å². The van der Waals surface area contributed by atoms with Crippen LogP contribution in [0.1, 0.15) is 5.56 Å². The summed E-state index contributed by atoms with van der Waals surface area (Å²) in [6, 6.07) is 14.1. The first-order chi connectivity index (χ1) is 12.6. The second kappa shape index (κ2) is 8.49. The molecule has 7 heteroatoms. The number of nitrogens with one attached hydrogen (secondary N) is 2. The van der Waals surface area contributed by atoms with E-state index < -0.39 is 5.82 Å². The lowest BCUT2D eigenvalue weighted by Gasteiger charge is -2.09. The predicted molar refractivity (Wildman–Crippen MR) is 102 cm³/mol. The molecule has 0 fully saturated rings. The van der Waals surface area contributed by atoms with E-state index in [2.05, 4.69) is 20.6 Å². The molecule has 1 aromatic heterocycles. The van der Waals surface area contributed by atoms with E-state index in [0.717, 1.165) is 12.2 Å². The number of methoxy groups -OCH3 is 1. The Kier molecular flexibility index (Phi) is 5.86. The van der Waals surface area contributed by atoms with Gasteiger partial charge in [0.2, 0.25) is 5.95 Å². The van der Waals surface area contributed by atoms with Gasteiger partial charge in [0.25, 0.3) is 0 Å². The van der Waals surface area contributed by atoms with Crippen molar-refractivity contribution in [1.82, 2.24) is 9.97 Å². The zero-order valence-electron chi connectivity index (χ0n) is 14.2. The molecule has 0 saturated carbocycles. The van der Waals surface area contributed by atoms with Crippen molar-refractivity contribution >= 4 is 29.1 Å². The number of nitrogens with zero attached hydrogens (tertiary/aromatic N) is 2. The molecule has 26 heavy (non-hydrogen) atoms. The molecule has 0 aliphatic rings. The minimum atomic E-state index is -0.458. The molecule has 0 aliphatic carbocycles. The third kappa shape index (κ3) is 4.83. The summed E-state index contributed by atoms with van der Waals surface area (Å²) < 4.78 is 18.4. The molecule has 0 spiro atoms. The molecule has 0 radical (unpaired) electrons. The Balaban J connectivity index is 1.57. The average molecular weight is 373 g/mol. The molecular weight excluding hydrogens is 355 g/mol. The van der Waals surface area contributed by atoms with Gasteiger partial charge >= 0.3 is 0 Å². The predicted octanol–water partition coefficient (Wildman–Crippen LogP) is 4.68. The maximum Gasteiger partial charge on any atom is 0.224 e. The summed E-state index contributed by atoms with van der Waals surface area (Å²) in [5, 5.41) is 6.32. The van der Waals surface area contributed by atoms with Crippen LogP contribution in [0.15, 0.2) is 54.7 Å². The van der Waals surface area contributed by atoms with E-state index >= 15 is 0 Å². The number of hydrogen-bond donors (Lipinski definition) is 2. The molecule has 2 aromatic carbocycles. The van der Waals surface area contributed by atoms with E-state index in [4.69, 9.17) is 16.3 Å². The molecule has 0 unspecified atom stereocenters. The van der Waals surface area contributed by atoms with Crippen molar-refractivity contribution in [3.8, 4) is 5.75 Å². The van der Waals surface area contributed by atoms with Crippen LogP contribution in [0.2, 0.25) is 5.02 Å². The van der Waals surface area contributed by atoms with Gasteiger partial charge in [0.1, 0.15) is 17.4 Å². The molecule has 2 N–H and O–H groups in total. The normalized spacial score (nSPS) is 10.4. The lowest BCUT2D eigenvalue weighted by molar-refractivity contribution is 0.414. The van der Waals surface area contributed by atoms with Gasteiger partial charge in [-0.25, -0.2) is 9.37 Å². The van der Waals surface area contributed by atoms with Crippen molar-refractivity contribution in [3.63, 3.8) is 0 Å².